The fraction of sp³-hybridized carbons (Fsp3) is 0.680. The van der Waals surface area contributed by atoms with E-state index in [0.29, 0.717) is 24.7 Å². The largest absolute Gasteiger partial charge is 0.505 e. The molecule has 0 spiro atoms. The molecule has 0 aromatic heterocycles. The number of nitrogens with zero attached hydrogens (tertiary/aromatic N) is 1. The Kier molecular flexibility index (Phi) is 7.59. The van der Waals surface area contributed by atoms with E-state index in [9.17, 15) is 0 Å². The Labute approximate surface area is 172 Å². The molecule has 3 atom stereocenters. The number of benzene rings is 1. The fourth-order valence-corrected chi connectivity index (χ4v) is 4.84. The summed E-state index contributed by atoms with van der Waals surface area (Å²) in [5.41, 5.74) is 2.86. The van der Waals surface area contributed by atoms with Crippen LogP contribution < -0.4 is 0 Å². The van der Waals surface area contributed by atoms with Crippen LogP contribution >= 0.6 is 0 Å². The lowest BCUT2D eigenvalue weighted by molar-refractivity contribution is -0.000271. The Morgan fingerprint density at radius 2 is 1.75 bits per heavy atom. The van der Waals surface area contributed by atoms with Crippen LogP contribution in [0.2, 0.25) is 0 Å². The van der Waals surface area contributed by atoms with Gasteiger partial charge < -0.3 is 14.4 Å². The lowest BCUT2D eigenvalue weighted by Gasteiger charge is -2.36. The minimum atomic E-state index is 0.200. The van der Waals surface area contributed by atoms with E-state index in [-0.39, 0.29) is 5.41 Å². The third-order valence-corrected chi connectivity index (χ3v) is 6.50. The van der Waals surface area contributed by atoms with Crippen molar-refractivity contribution in [1.29, 1.82) is 0 Å². The van der Waals surface area contributed by atoms with Gasteiger partial charge in [0.15, 0.2) is 0 Å². The van der Waals surface area contributed by atoms with Crippen molar-refractivity contribution in [3.63, 3.8) is 0 Å². The third kappa shape index (κ3) is 5.61. The smallest absolute Gasteiger partial charge is 0.0784 e. The Morgan fingerprint density at radius 1 is 1.04 bits per heavy atom. The van der Waals surface area contributed by atoms with Crippen molar-refractivity contribution < 1.29 is 9.47 Å². The second-order valence-electron chi connectivity index (χ2n) is 9.54. The Morgan fingerprint density at radius 3 is 2.39 bits per heavy atom. The molecular formula is C25H39NO2. The predicted octanol–water partition coefficient (Wildman–Crippen LogP) is 5.68. The summed E-state index contributed by atoms with van der Waals surface area (Å²) in [6, 6.07) is 9.63. The summed E-state index contributed by atoms with van der Waals surface area (Å²) in [6.07, 6.45) is 11.9. The van der Waals surface area contributed by atoms with Crippen molar-refractivity contribution in [2.45, 2.75) is 83.5 Å². The number of hydrogen-bond acceptors (Lipinski definition) is 3. The maximum atomic E-state index is 6.48. The van der Waals surface area contributed by atoms with Crippen LogP contribution in [-0.4, -0.2) is 37.2 Å². The molecule has 2 fully saturated rings. The molecule has 1 heterocycles. The topological polar surface area (TPSA) is 21.7 Å². The molecule has 1 aliphatic carbocycles. The number of methoxy groups -OCH3 is 1. The van der Waals surface area contributed by atoms with Crippen LogP contribution in [0, 0.1) is 5.92 Å². The van der Waals surface area contributed by atoms with Gasteiger partial charge in [-0.05, 0) is 67.8 Å². The summed E-state index contributed by atoms with van der Waals surface area (Å²) in [5.74, 6) is 0.568. The average molecular weight is 386 g/mol. The molecule has 3 rings (SSSR count). The van der Waals surface area contributed by atoms with E-state index in [2.05, 4.69) is 56.0 Å². The van der Waals surface area contributed by atoms with E-state index in [1.165, 1.54) is 56.3 Å². The van der Waals surface area contributed by atoms with Crippen LogP contribution in [0.3, 0.4) is 0 Å². The van der Waals surface area contributed by atoms with Gasteiger partial charge in [-0.25, -0.2) is 0 Å². The van der Waals surface area contributed by atoms with Crippen molar-refractivity contribution in [1.82, 2.24) is 4.90 Å². The molecular weight excluding hydrogens is 346 g/mol. The maximum absolute atomic E-state index is 6.48. The van der Waals surface area contributed by atoms with Gasteiger partial charge >= 0.3 is 0 Å². The van der Waals surface area contributed by atoms with Crippen molar-refractivity contribution in [2.75, 3.05) is 20.2 Å². The number of allylic oxidation sites excluding steroid dienone is 1. The summed E-state index contributed by atoms with van der Waals surface area (Å²) < 4.78 is 11.6. The molecule has 0 N–H and O–H groups in total. The van der Waals surface area contributed by atoms with Crippen molar-refractivity contribution in [3.8, 4) is 0 Å². The van der Waals surface area contributed by atoms with Gasteiger partial charge in [0.05, 0.1) is 26.1 Å². The van der Waals surface area contributed by atoms with Crippen LogP contribution in [0.4, 0.5) is 0 Å². The normalized spacial score (nSPS) is 26.8. The zero-order chi connectivity index (χ0) is 20.0. The van der Waals surface area contributed by atoms with E-state index in [1.54, 1.807) is 7.11 Å². The first kappa shape index (κ1) is 21.4. The first-order valence-corrected chi connectivity index (χ1v) is 11.1. The number of rotatable bonds is 7. The van der Waals surface area contributed by atoms with Gasteiger partial charge in [0.1, 0.15) is 0 Å². The van der Waals surface area contributed by atoms with Gasteiger partial charge in [-0.1, -0.05) is 51.5 Å². The molecule has 0 bridgehead atoms. The highest BCUT2D eigenvalue weighted by Gasteiger charge is 2.39. The van der Waals surface area contributed by atoms with Crippen molar-refractivity contribution in [3.05, 3.63) is 47.7 Å². The molecule has 1 aromatic carbocycles. The number of ether oxygens (including phenoxy) is 2. The lowest BCUT2D eigenvalue weighted by Crippen LogP contribution is -2.43. The number of likely N-dealkylation sites (tertiary alicyclic amines) is 1. The monoisotopic (exact) mass is 385 g/mol. The Bertz CT molecular complexity index is 610. The molecule has 0 unspecified atom stereocenters. The fourth-order valence-electron chi connectivity index (χ4n) is 4.84. The zero-order valence-electron chi connectivity index (χ0n) is 18.3. The van der Waals surface area contributed by atoms with Gasteiger partial charge in [0.25, 0.3) is 0 Å². The molecule has 3 nitrogen and oxygen atoms in total. The standard InChI is InChI=1S/C25H39NO2/c1-25(2,3)21-12-10-20(11-13-21)19-28-24-15-14-23(22(24)9-8-18-27-4)26-16-6-5-7-17-26/h8,10-13,18,22-24H,5-7,9,14-17,19H2,1-4H3/t22-,23+,24+/m0/s1. The van der Waals surface area contributed by atoms with E-state index in [0.717, 1.165) is 6.42 Å². The SMILES string of the molecule is COC=CC[C@H]1[C@H](N2CCCCC2)CC[C@H]1OCc1ccc(C(C)(C)C)cc1. The van der Waals surface area contributed by atoms with Crippen molar-refractivity contribution >= 4 is 0 Å². The third-order valence-electron chi connectivity index (χ3n) is 6.50. The zero-order valence-corrected chi connectivity index (χ0v) is 18.3. The minimum Gasteiger partial charge on any atom is -0.505 e. The molecule has 0 radical (unpaired) electrons. The molecule has 0 amide bonds. The summed E-state index contributed by atoms with van der Waals surface area (Å²) >= 11 is 0. The second-order valence-corrected chi connectivity index (χ2v) is 9.54. The summed E-state index contributed by atoms with van der Waals surface area (Å²) in [5, 5.41) is 0. The van der Waals surface area contributed by atoms with Crippen LogP contribution in [0.15, 0.2) is 36.6 Å². The molecule has 2 aliphatic rings. The lowest BCUT2D eigenvalue weighted by atomic mass is 9.87. The first-order chi connectivity index (χ1) is 13.5. The van der Waals surface area contributed by atoms with Gasteiger partial charge in [-0.3, -0.25) is 0 Å². The van der Waals surface area contributed by atoms with Gasteiger partial charge in [-0.15, -0.1) is 0 Å². The van der Waals surface area contributed by atoms with Gasteiger partial charge in [0, 0.05) is 12.0 Å². The summed E-state index contributed by atoms with van der Waals surface area (Å²) in [6.45, 7) is 10.0. The summed E-state index contributed by atoms with van der Waals surface area (Å²) in [7, 11) is 1.72. The average Bonchev–Trinajstić information content (AvgIpc) is 3.10. The quantitative estimate of drug-likeness (QED) is 0.563. The molecule has 3 heteroatoms. The van der Waals surface area contributed by atoms with Crippen LogP contribution in [0.5, 0.6) is 0 Å². The molecule has 1 saturated carbocycles. The van der Waals surface area contributed by atoms with Crippen LogP contribution in [-0.2, 0) is 21.5 Å². The molecule has 1 aromatic rings. The van der Waals surface area contributed by atoms with E-state index in [4.69, 9.17) is 9.47 Å². The molecule has 28 heavy (non-hydrogen) atoms. The summed E-state index contributed by atoms with van der Waals surface area (Å²) in [4.78, 5) is 2.73. The highest BCUT2D eigenvalue weighted by Crippen LogP contribution is 2.37. The van der Waals surface area contributed by atoms with Crippen LogP contribution in [0.1, 0.15) is 70.4 Å². The van der Waals surface area contributed by atoms with E-state index in [1.807, 2.05) is 6.26 Å². The molecule has 1 aliphatic heterocycles. The highest BCUT2D eigenvalue weighted by atomic mass is 16.5. The van der Waals surface area contributed by atoms with Crippen molar-refractivity contribution in [2.24, 2.45) is 5.92 Å². The predicted molar refractivity (Wildman–Crippen MR) is 116 cm³/mol. The number of hydrogen-bond donors (Lipinski definition) is 0. The first-order valence-electron chi connectivity index (χ1n) is 11.1. The Balaban J connectivity index is 1.61. The van der Waals surface area contributed by atoms with Crippen LogP contribution in [0.25, 0.3) is 0 Å². The van der Waals surface area contributed by atoms with Gasteiger partial charge in [0.2, 0.25) is 0 Å². The number of piperidine rings is 1. The van der Waals surface area contributed by atoms with Gasteiger partial charge in [-0.2, -0.15) is 0 Å². The molecule has 1 saturated heterocycles. The molecule has 156 valence electrons. The highest BCUT2D eigenvalue weighted by molar-refractivity contribution is 5.27. The van der Waals surface area contributed by atoms with E-state index >= 15 is 0 Å². The Hall–Kier alpha value is -1.32. The van der Waals surface area contributed by atoms with E-state index < -0.39 is 0 Å². The maximum Gasteiger partial charge on any atom is 0.0784 e. The minimum absolute atomic E-state index is 0.200. The second kappa shape index (κ2) is 9.93.